The number of halogens is 1. The van der Waals surface area contributed by atoms with Crippen molar-refractivity contribution < 1.29 is 4.74 Å². The Labute approximate surface area is 152 Å². The minimum Gasteiger partial charge on any atom is -0.497 e. The first-order valence-electron chi connectivity index (χ1n) is 8.59. The van der Waals surface area contributed by atoms with Crippen molar-refractivity contribution in [3.05, 3.63) is 57.2 Å². The average molecular weight is 357 g/mol. The van der Waals surface area contributed by atoms with Gasteiger partial charge in [0.05, 0.1) is 7.11 Å². The second-order valence-electron chi connectivity index (χ2n) is 6.35. The molecule has 0 aliphatic heterocycles. The van der Waals surface area contributed by atoms with Crippen LogP contribution in [0.3, 0.4) is 0 Å². The van der Waals surface area contributed by atoms with Crippen LogP contribution in [0.5, 0.6) is 5.75 Å². The highest BCUT2D eigenvalue weighted by Gasteiger charge is 2.16. The van der Waals surface area contributed by atoms with Gasteiger partial charge in [-0.05, 0) is 48.9 Å². The van der Waals surface area contributed by atoms with E-state index < -0.39 is 0 Å². The van der Waals surface area contributed by atoms with Gasteiger partial charge in [0.2, 0.25) is 0 Å². The zero-order valence-electron chi connectivity index (χ0n) is 14.3. The van der Waals surface area contributed by atoms with E-state index in [2.05, 4.69) is 16.8 Å². The summed E-state index contributed by atoms with van der Waals surface area (Å²) in [6.45, 7) is 0.693. The van der Waals surface area contributed by atoms with Gasteiger partial charge in [-0.2, -0.15) is 0 Å². The van der Waals surface area contributed by atoms with E-state index in [1.165, 1.54) is 32.1 Å². The van der Waals surface area contributed by atoms with E-state index in [0.717, 1.165) is 11.3 Å². The van der Waals surface area contributed by atoms with E-state index in [9.17, 15) is 4.79 Å². The Morgan fingerprint density at radius 1 is 1.20 bits per heavy atom. The molecule has 4 nitrogen and oxygen atoms in total. The summed E-state index contributed by atoms with van der Waals surface area (Å²) in [4.78, 5) is 16.7. The van der Waals surface area contributed by atoms with Gasteiger partial charge < -0.3 is 9.30 Å². The van der Waals surface area contributed by atoms with Crippen LogP contribution in [0.25, 0.3) is 0 Å². The van der Waals surface area contributed by atoms with E-state index >= 15 is 0 Å². The van der Waals surface area contributed by atoms with Crippen LogP contribution < -0.4 is 10.3 Å². The van der Waals surface area contributed by atoms with Gasteiger partial charge in [-0.3, -0.25) is 4.79 Å². The summed E-state index contributed by atoms with van der Waals surface area (Å²) >= 11 is 6.11. The smallest absolute Gasteiger partial charge is 0.285 e. The normalized spacial score (nSPS) is 14.6. The van der Waals surface area contributed by atoms with E-state index in [4.69, 9.17) is 16.3 Å². The molecule has 25 heavy (non-hydrogen) atoms. The summed E-state index contributed by atoms with van der Waals surface area (Å²) in [7, 11) is 1.62. The first-order valence-corrected chi connectivity index (χ1v) is 8.96. The Hall–Kier alpha value is -2.25. The molecule has 0 spiro atoms. The molecule has 1 aliphatic carbocycles. The zero-order valence-corrected chi connectivity index (χ0v) is 15.1. The molecule has 0 atom stereocenters. The van der Waals surface area contributed by atoms with E-state index in [-0.39, 0.29) is 11.3 Å². The van der Waals surface area contributed by atoms with Crippen LogP contribution in [0.1, 0.15) is 43.4 Å². The van der Waals surface area contributed by atoms with Crippen molar-refractivity contribution >= 4 is 11.6 Å². The van der Waals surface area contributed by atoms with Gasteiger partial charge in [0.25, 0.3) is 5.56 Å². The number of methoxy groups -OCH3 is 1. The summed E-state index contributed by atoms with van der Waals surface area (Å²) in [5, 5.41) is 0.300. The molecule has 1 aromatic heterocycles. The third-order valence-corrected chi connectivity index (χ3v) is 4.72. The molecule has 0 bridgehead atoms. The van der Waals surface area contributed by atoms with Crippen molar-refractivity contribution in [2.24, 2.45) is 5.92 Å². The van der Waals surface area contributed by atoms with Crippen molar-refractivity contribution in [2.75, 3.05) is 7.11 Å². The fraction of sp³-hybridized carbons (Fsp3) is 0.400. The molecule has 0 radical (unpaired) electrons. The second kappa shape index (κ2) is 8.22. The van der Waals surface area contributed by atoms with Crippen LogP contribution in [-0.2, 0) is 6.54 Å². The highest BCUT2D eigenvalue weighted by Crippen LogP contribution is 2.24. The lowest BCUT2D eigenvalue weighted by atomic mass is 9.89. The van der Waals surface area contributed by atoms with Crippen molar-refractivity contribution in [1.29, 1.82) is 0 Å². The van der Waals surface area contributed by atoms with Gasteiger partial charge in [0, 0.05) is 18.3 Å². The molecule has 0 amide bonds. The predicted molar refractivity (Wildman–Crippen MR) is 99.1 cm³/mol. The Balaban J connectivity index is 1.84. The SMILES string of the molecule is COc1ccc(C#Cc2nc(Cl)cn(CC3CCCCC3)c2=O)cc1. The standard InChI is InChI=1S/C20H21ClN2O2/c1-25-17-10-7-15(8-11-17)9-12-18-20(24)23(14-19(21)22-18)13-16-5-3-2-4-6-16/h7-8,10-11,14,16H,2-6,13H2,1H3. The minimum atomic E-state index is -0.170. The maximum Gasteiger partial charge on any atom is 0.285 e. The first-order chi connectivity index (χ1) is 12.2. The quantitative estimate of drug-likeness (QED) is 0.784. The molecule has 3 rings (SSSR count). The summed E-state index contributed by atoms with van der Waals surface area (Å²) in [5.41, 5.74) is 0.816. The molecular formula is C20H21ClN2O2. The number of aromatic nitrogens is 2. The minimum absolute atomic E-state index is 0.170. The topological polar surface area (TPSA) is 44.1 Å². The number of benzene rings is 1. The summed E-state index contributed by atoms with van der Waals surface area (Å²) in [5.74, 6) is 7.14. The number of hydrogen-bond acceptors (Lipinski definition) is 3. The van der Waals surface area contributed by atoms with Crippen molar-refractivity contribution in [3.8, 4) is 17.6 Å². The van der Waals surface area contributed by atoms with Crippen LogP contribution in [0, 0.1) is 17.8 Å². The third kappa shape index (κ3) is 4.64. The van der Waals surface area contributed by atoms with Gasteiger partial charge in [-0.25, -0.2) is 4.98 Å². The molecule has 1 aliphatic rings. The lowest BCUT2D eigenvalue weighted by molar-refractivity contribution is 0.315. The van der Waals surface area contributed by atoms with Gasteiger partial charge in [-0.15, -0.1) is 0 Å². The van der Waals surface area contributed by atoms with Crippen molar-refractivity contribution in [1.82, 2.24) is 9.55 Å². The highest BCUT2D eigenvalue weighted by molar-refractivity contribution is 6.29. The molecule has 1 heterocycles. The summed E-state index contributed by atoms with van der Waals surface area (Å²) < 4.78 is 6.79. The van der Waals surface area contributed by atoms with Crippen LogP contribution in [-0.4, -0.2) is 16.7 Å². The molecule has 1 aromatic carbocycles. The maximum absolute atomic E-state index is 12.6. The first kappa shape index (κ1) is 17.6. The fourth-order valence-electron chi connectivity index (χ4n) is 3.18. The van der Waals surface area contributed by atoms with Crippen LogP contribution in [0.2, 0.25) is 5.15 Å². The molecular weight excluding hydrogens is 336 g/mol. The van der Waals surface area contributed by atoms with Gasteiger partial charge in [0.15, 0.2) is 5.69 Å². The fourth-order valence-corrected chi connectivity index (χ4v) is 3.38. The number of nitrogens with zero attached hydrogens (tertiary/aromatic N) is 2. The second-order valence-corrected chi connectivity index (χ2v) is 6.74. The van der Waals surface area contributed by atoms with Gasteiger partial charge >= 0.3 is 0 Å². The average Bonchev–Trinajstić information content (AvgIpc) is 2.64. The van der Waals surface area contributed by atoms with Crippen molar-refractivity contribution in [2.45, 2.75) is 38.6 Å². The van der Waals surface area contributed by atoms with Crippen molar-refractivity contribution in [3.63, 3.8) is 0 Å². The molecule has 130 valence electrons. The number of ether oxygens (including phenoxy) is 1. The molecule has 2 aromatic rings. The Morgan fingerprint density at radius 2 is 1.92 bits per heavy atom. The molecule has 0 saturated heterocycles. The Kier molecular flexibility index (Phi) is 5.78. The van der Waals surface area contributed by atoms with Gasteiger partial charge in [-0.1, -0.05) is 36.8 Å². The zero-order chi connectivity index (χ0) is 17.6. The predicted octanol–water partition coefficient (Wildman–Crippen LogP) is 3.89. The highest BCUT2D eigenvalue weighted by atomic mass is 35.5. The molecule has 0 unspecified atom stereocenters. The van der Waals surface area contributed by atoms with E-state index in [1.807, 2.05) is 24.3 Å². The maximum atomic E-state index is 12.6. The van der Waals surface area contributed by atoms with Gasteiger partial charge in [0.1, 0.15) is 10.9 Å². The van der Waals surface area contributed by atoms with Crippen LogP contribution >= 0.6 is 11.6 Å². The van der Waals surface area contributed by atoms with Crippen LogP contribution in [0.4, 0.5) is 0 Å². The van der Waals surface area contributed by atoms with E-state index in [1.54, 1.807) is 17.9 Å². The third-order valence-electron chi connectivity index (χ3n) is 4.54. The largest absolute Gasteiger partial charge is 0.497 e. The van der Waals surface area contributed by atoms with Crippen LogP contribution in [0.15, 0.2) is 35.3 Å². The lowest BCUT2D eigenvalue weighted by Crippen LogP contribution is -2.27. The molecule has 1 saturated carbocycles. The summed E-state index contributed by atoms with van der Waals surface area (Å²) in [6, 6.07) is 7.35. The molecule has 1 fully saturated rings. The number of hydrogen-bond donors (Lipinski definition) is 0. The molecule has 0 N–H and O–H groups in total. The number of rotatable bonds is 3. The lowest BCUT2D eigenvalue weighted by Gasteiger charge is -2.22. The monoisotopic (exact) mass is 356 g/mol. The van der Waals surface area contributed by atoms with E-state index in [0.29, 0.717) is 17.6 Å². The molecule has 5 heteroatoms. The summed E-state index contributed by atoms with van der Waals surface area (Å²) in [6.07, 6.45) is 7.72. The Morgan fingerprint density at radius 3 is 2.60 bits per heavy atom. The Bertz CT molecular complexity index is 841.